The summed E-state index contributed by atoms with van der Waals surface area (Å²) in [6, 6.07) is 12.1. The van der Waals surface area contributed by atoms with Crippen molar-refractivity contribution < 1.29 is 17.9 Å². The monoisotopic (exact) mass is 330 g/mol. The van der Waals surface area contributed by atoms with Crippen molar-refractivity contribution >= 4 is 26.6 Å². The van der Waals surface area contributed by atoms with Gasteiger partial charge in [-0.1, -0.05) is 18.2 Å². The number of rotatable bonds is 3. The molecule has 1 aromatic heterocycles. The lowest BCUT2D eigenvalue weighted by Gasteiger charge is -2.21. The SMILES string of the molecule is O=S(=O)(Nc1cccc2cc[nH]c12)c1cccc2c1OCCO2. The summed E-state index contributed by atoms with van der Waals surface area (Å²) in [5.41, 5.74) is 1.22. The van der Waals surface area contributed by atoms with E-state index < -0.39 is 10.0 Å². The summed E-state index contributed by atoms with van der Waals surface area (Å²) in [7, 11) is -3.80. The van der Waals surface area contributed by atoms with Crippen LogP contribution in [0.4, 0.5) is 5.69 Å². The second kappa shape index (κ2) is 5.20. The van der Waals surface area contributed by atoms with E-state index in [1.54, 1.807) is 30.5 Å². The Morgan fingerprint density at radius 2 is 1.83 bits per heavy atom. The first-order valence-electron chi connectivity index (χ1n) is 7.13. The highest BCUT2D eigenvalue weighted by atomic mass is 32.2. The minimum absolute atomic E-state index is 0.0678. The quantitative estimate of drug-likeness (QED) is 0.774. The standard InChI is InChI=1S/C16H14N2O4S/c19-23(20,14-6-2-5-13-16(14)22-10-9-21-13)18-12-4-1-3-11-7-8-17-15(11)12/h1-8,17-18H,9-10H2. The van der Waals surface area contributed by atoms with E-state index in [0.29, 0.717) is 24.7 Å². The summed E-state index contributed by atoms with van der Waals surface area (Å²) in [6.07, 6.45) is 1.77. The molecule has 0 saturated heterocycles. The third-order valence-electron chi connectivity index (χ3n) is 3.65. The van der Waals surface area contributed by atoms with Gasteiger partial charge in [0.25, 0.3) is 10.0 Å². The van der Waals surface area contributed by atoms with Gasteiger partial charge < -0.3 is 14.5 Å². The van der Waals surface area contributed by atoms with E-state index in [1.807, 2.05) is 12.1 Å². The molecule has 3 aromatic rings. The van der Waals surface area contributed by atoms with Gasteiger partial charge in [0.05, 0.1) is 11.2 Å². The molecule has 0 aliphatic carbocycles. The van der Waals surface area contributed by atoms with Gasteiger partial charge in [0.15, 0.2) is 11.5 Å². The number of benzene rings is 2. The second-order valence-corrected chi connectivity index (χ2v) is 6.78. The first kappa shape index (κ1) is 14.0. The predicted molar refractivity (Wildman–Crippen MR) is 86.5 cm³/mol. The van der Waals surface area contributed by atoms with E-state index in [9.17, 15) is 8.42 Å². The van der Waals surface area contributed by atoms with Gasteiger partial charge in [0, 0.05) is 11.6 Å². The van der Waals surface area contributed by atoms with Crippen molar-refractivity contribution in [2.45, 2.75) is 4.90 Å². The van der Waals surface area contributed by atoms with Gasteiger partial charge in [0.2, 0.25) is 0 Å². The van der Waals surface area contributed by atoms with E-state index in [-0.39, 0.29) is 10.6 Å². The fourth-order valence-corrected chi connectivity index (χ4v) is 3.86. The number of hydrogen-bond acceptors (Lipinski definition) is 4. The van der Waals surface area contributed by atoms with Crippen LogP contribution < -0.4 is 14.2 Å². The molecule has 0 saturated carbocycles. The van der Waals surface area contributed by atoms with Gasteiger partial charge in [-0.2, -0.15) is 0 Å². The van der Waals surface area contributed by atoms with Crippen molar-refractivity contribution in [3.05, 3.63) is 48.7 Å². The number of H-pyrrole nitrogens is 1. The number of sulfonamides is 1. The van der Waals surface area contributed by atoms with Crippen molar-refractivity contribution in [2.75, 3.05) is 17.9 Å². The average molecular weight is 330 g/mol. The fourth-order valence-electron chi connectivity index (χ4n) is 2.63. The first-order chi connectivity index (χ1) is 11.1. The lowest BCUT2D eigenvalue weighted by Crippen LogP contribution is -2.20. The molecule has 2 aromatic carbocycles. The molecule has 118 valence electrons. The summed E-state index contributed by atoms with van der Waals surface area (Å²) in [5.74, 6) is 0.696. The van der Waals surface area contributed by atoms with Crippen LogP contribution in [0.15, 0.2) is 53.6 Å². The van der Waals surface area contributed by atoms with Crippen LogP contribution in [0.25, 0.3) is 10.9 Å². The van der Waals surface area contributed by atoms with Crippen LogP contribution in [0.3, 0.4) is 0 Å². The van der Waals surface area contributed by atoms with Gasteiger partial charge in [-0.25, -0.2) is 8.42 Å². The zero-order chi connectivity index (χ0) is 15.9. The number of fused-ring (bicyclic) bond motifs is 2. The van der Waals surface area contributed by atoms with Crippen LogP contribution in [-0.2, 0) is 10.0 Å². The molecule has 2 N–H and O–H groups in total. The topological polar surface area (TPSA) is 80.4 Å². The second-order valence-electron chi connectivity index (χ2n) is 5.13. The van der Waals surface area contributed by atoms with Crippen LogP contribution >= 0.6 is 0 Å². The minimum atomic E-state index is -3.80. The maximum atomic E-state index is 12.8. The first-order valence-corrected chi connectivity index (χ1v) is 8.61. The molecule has 0 unspecified atom stereocenters. The van der Waals surface area contributed by atoms with Crippen LogP contribution in [0.1, 0.15) is 0 Å². The Kier molecular flexibility index (Phi) is 3.16. The number of nitrogens with one attached hydrogen (secondary N) is 2. The number of ether oxygens (including phenoxy) is 2. The van der Waals surface area contributed by atoms with E-state index in [2.05, 4.69) is 9.71 Å². The Hall–Kier alpha value is -2.67. The Bertz CT molecular complexity index is 979. The van der Waals surface area contributed by atoms with Crippen molar-refractivity contribution in [1.82, 2.24) is 4.98 Å². The van der Waals surface area contributed by atoms with Crippen LogP contribution in [0, 0.1) is 0 Å². The maximum Gasteiger partial charge on any atom is 0.265 e. The van der Waals surface area contributed by atoms with Crippen molar-refractivity contribution in [1.29, 1.82) is 0 Å². The number of para-hydroxylation sites is 2. The van der Waals surface area contributed by atoms with Gasteiger partial charge >= 0.3 is 0 Å². The highest BCUT2D eigenvalue weighted by Crippen LogP contribution is 2.37. The highest BCUT2D eigenvalue weighted by molar-refractivity contribution is 7.92. The molecule has 23 heavy (non-hydrogen) atoms. The smallest absolute Gasteiger partial charge is 0.265 e. The zero-order valence-electron chi connectivity index (χ0n) is 12.1. The summed E-state index contributed by atoms with van der Waals surface area (Å²) >= 11 is 0. The lowest BCUT2D eigenvalue weighted by atomic mass is 10.2. The maximum absolute atomic E-state index is 12.8. The molecule has 2 heterocycles. The molecule has 6 nitrogen and oxygen atoms in total. The molecule has 0 radical (unpaired) electrons. The largest absolute Gasteiger partial charge is 0.486 e. The number of aromatic nitrogens is 1. The number of hydrogen-bond donors (Lipinski definition) is 2. The zero-order valence-corrected chi connectivity index (χ0v) is 12.9. The molecule has 1 aliphatic rings. The average Bonchev–Trinajstić information content (AvgIpc) is 3.04. The normalized spacial score (nSPS) is 13.9. The molecule has 0 fully saturated rings. The van der Waals surface area contributed by atoms with Gasteiger partial charge in [0.1, 0.15) is 18.1 Å². The Labute approximate surface area is 133 Å². The molecule has 0 atom stereocenters. The van der Waals surface area contributed by atoms with Crippen molar-refractivity contribution in [3.8, 4) is 11.5 Å². The van der Waals surface area contributed by atoms with Crippen LogP contribution in [0.2, 0.25) is 0 Å². The fraction of sp³-hybridized carbons (Fsp3) is 0.125. The molecule has 0 amide bonds. The summed E-state index contributed by atoms with van der Waals surface area (Å²) < 4.78 is 39.1. The number of aromatic amines is 1. The predicted octanol–water partition coefficient (Wildman–Crippen LogP) is 2.74. The van der Waals surface area contributed by atoms with Crippen molar-refractivity contribution in [2.24, 2.45) is 0 Å². The molecule has 4 rings (SSSR count). The molecule has 0 bridgehead atoms. The van der Waals surface area contributed by atoms with Gasteiger partial charge in [-0.3, -0.25) is 4.72 Å². The van der Waals surface area contributed by atoms with Gasteiger partial charge in [-0.15, -0.1) is 0 Å². The minimum Gasteiger partial charge on any atom is -0.486 e. The van der Waals surface area contributed by atoms with E-state index in [1.165, 1.54) is 6.07 Å². The third kappa shape index (κ3) is 2.39. The van der Waals surface area contributed by atoms with Gasteiger partial charge in [-0.05, 0) is 24.3 Å². The van der Waals surface area contributed by atoms with Crippen molar-refractivity contribution in [3.63, 3.8) is 0 Å². The molecular formula is C16H14N2O4S. The van der Waals surface area contributed by atoms with E-state index >= 15 is 0 Å². The molecular weight excluding hydrogens is 316 g/mol. The summed E-state index contributed by atoms with van der Waals surface area (Å²) in [5, 5.41) is 0.930. The number of anilines is 1. The summed E-state index contributed by atoms with van der Waals surface area (Å²) in [6.45, 7) is 0.734. The third-order valence-corrected chi connectivity index (χ3v) is 5.04. The van der Waals surface area contributed by atoms with E-state index in [0.717, 1.165) is 10.9 Å². The molecule has 1 aliphatic heterocycles. The lowest BCUT2D eigenvalue weighted by molar-refractivity contribution is 0.167. The van der Waals surface area contributed by atoms with Crippen LogP contribution in [-0.4, -0.2) is 26.6 Å². The molecule has 7 heteroatoms. The Morgan fingerprint density at radius 3 is 2.74 bits per heavy atom. The molecule has 0 spiro atoms. The van der Waals surface area contributed by atoms with Crippen LogP contribution in [0.5, 0.6) is 11.5 Å². The van der Waals surface area contributed by atoms with E-state index in [4.69, 9.17) is 9.47 Å². The Morgan fingerprint density at radius 1 is 1.00 bits per heavy atom. The highest BCUT2D eigenvalue weighted by Gasteiger charge is 2.25. The summed E-state index contributed by atoms with van der Waals surface area (Å²) in [4.78, 5) is 3.11. The Balaban J connectivity index is 1.78.